The zero-order valence-corrected chi connectivity index (χ0v) is 8.40. The highest BCUT2D eigenvalue weighted by Crippen LogP contribution is 2.24. The van der Waals surface area contributed by atoms with Crippen LogP contribution in [0.4, 0.5) is 0 Å². The summed E-state index contributed by atoms with van der Waals surface area (Å²) in [6.07, 6.45) is -0.952. The third kappa shape index (κ3) is 2.06. The Labute approximate surface area is 86.6 Å². The zero-order valence-electron chi connectivity index (χ0n) is 7.58. The summed E-state index contributed by atoms with van der Waals surface area (Å²) in [7, 11) is -4.58. The summed E-state index contributed by atoms with van der Waals surface area (Å²) in [5, 5.41) is 0. The molecule has 80 valence electrons. The Kier molecular flexibility index (Phi) is 2.34. The van der Waals surface area contributed by atoms with E-state index in [9.17, 15) is 13.2 Å². The molecule has 0 aliphatic heterocycles. The van der Waals surface area contributed by atoms with Crippen LogP contribution in [-0.4, -0.2) is 24.9 Å². The fourth-order valence-corrected chi connectivity index (χ4v) is 2.08. The lowest BCUT2D eigenvalue weighted by molar-refractivity contribution is 0.0807. The molecular weight excluding hydrogens is 220 g/mol. The number of fused-ring (bicyclic) bond motifs is 1. The van der Waals surface area contributed by atoms with E-state index < -0.39 is 22.3 Å². The molecule has 1 unspecified atom stereocenters. The maximum atomic E-state index is 11.6. The Balaban J connectivity index is 2.28. The van der Waals surface area contributed by atoms with Crippen LogP contribution in [0.2, 0.25) is 0 Å². The van der Waals surface area contributed by atoms with Crippen LogP contribution in [0, 0.1) is 0 Å². The lowest BCUT2D eigenvalue weighted by atomic mass is 10.1. The lowest BCUT2D eigenvalue weighted by Crippen LogP contribution is -2.23. The van der Waals surface area contributed by atoms with Crippen molar-refractivity contribution in [3.63, 3.8) is 0 Å². The van der Waals surface area contributed by atoms with Gasteiger partial charge in [-0.2, -0.15) is 8.42 Å². The number of Topliss-reactive ketones (excluding diaryl/α,β-unsaturated/α-hetero) is 1. The molecule has 0 amide bonds. The van der Waals surface area contributed by atoms with Crippen LogP contribution in [0.1, 0.15) is 15.9 Å². The predicted octanol–water partition coefficient (Wildman–Crippen LogP) is 0.613. The molecule has 5 nitrogen and oxygen atoms in total. The summed E-state index contributed by atoms with van der Waals surface area (Å²) < 4.78 is 33.7. The molecule has 0 fully saturated rings. The first-order chi connectivity index (χ1) is 6.97. The van der Waals surface area contributed by atoms with Gasteiger partial charge in [-0.1, -0.05) is 24.3 Å². The van der Waals surface area contributed by atoms with Crippen molar-refractivity contribution in [2.24, 2.45) is 0 Å². The minimum absolute atomic E-state index is 0.175. The summed E-state index contributed by atoms with van der Waals surface area (Å²) in [5.74, 6) is -0.414. The summed E-state index contributed by atoms with van der Waals surface area (Å²) in [5.41, 5.74) is 1.18. The lowest BCUT2D eigenvalue weighted by Gasteiger charge is -2.04. The summed E-state index contributed by atoms with van der Waals surface area (Å²) in [4.78, 5) is 11.6. The number of ketones is 1. The van der Waals surface area contributed by atoms with Gasteiger partial charge in [-0.3, -0.25) is 9.35 Å². The molecule has 0 bridgehead atoms. The average Bonchev–Trinajstić information content (AvgIpc) is 2.42. The van der Waals surface area contributed by atoms with E-state index in [1.807, 2.05) is 0 Å². The Morgan fingerprint density at radius 3 is 2.60 bits per heavy atom. The van der Waals surface area contributed by atoms with Gasteiger partial charge in [-0.15, -0.1) is 0 Å². The van der Waals surface area contributed by atoms with Crippen LogP contribution in [-0.2, 0) is 21.0 Å². The SMILES string of the molecule is O=C1c2ccccc2CC1OS(=O)(=O)O. The molecule has 15 heavy (non-hydrogen) atoms. The van der Waals surface area contributed by atoms with Gasteiger partial charge in [0.25, 0.3) is 0 Å². The number of rotatable bonds is 2. The second-order valence-corrected chi connectivity index (χ2v) is 4.29. The van der Waals surface area contributed by atoms with Gasteiger partial charge >= 0.3 is 10.4 Å². The van der Waals surface area contributed by atoms with Gasteiger partial charge < -0.3 is 0 Å². The van der Waals surface area contributed by atoms with E-state index in [-0.39, 0.29) is 6.42 Å². The quantitative estimate of drug-likeness (QED) is 0.750. The topological polar surface area (TPSA) is 80.7 Å². The van der Waals surface area contributed by atoms with Gasteiger partial charge in [0.05, 0.1) is 0 Å². The van der Waals surface area contributed by atoms with Crippen LogP contribution >= 0.6 is 0 Å². The van der Waals surface area contributed by atoms with Crippen molar-refractivity contribution >= 4 is 16.2 Å². The Bertz CT molecular complexity index is 505. The number of hydrogen-bond acceptors (Lipinski definition) is 4. The van der Waals surface area contributed by atoms with Gasteiger partial charge in [-0.05, 0) is 5.56 Å². The largest absolute Gasteiger partial charge is 0.398 e. The highest BCUT2D eigenvalue weighted by molar-refractivity contribution is 7.80. The van der Waals surface area contributed by atoms with Crippen LogP contribution in [0.15, 0.2) is 24.3 Å². The first-order valence-corrected chi connectivity index (χ1v) is 5.62. The minimum atomic E-state index is -4.58. The third-order valence-corrected chi connectivity index (χ3v) is 2.69. The van der Waals surface area contributed by atoms with Crippen molar-refractivity contribution in [3.05, 3.63) is 35.4 Å². The van der Waals surface area contributed by atoms with Crippen molar-refractivity contribution in [1.82, 2.24) is 0 Å². The second-order valence-electron chi connectivity index (χ2n) is 3.24. The molecule has 1 aromatic rings. The first-order valence-electron chi connectivity index (χ1n) is 4.25. The van der Waals surface area contributed by atoms with Crippen LogP contribution in [0.3, 0.4) is 0 Å². The van der Waals surface area contributed by atoms with E-state index in [4.69, 9.17) is 4.55 Å². The number of hydrogen-bond donors (Lipinski definition) is 1. The normalized spacial score (nSPS) is 20.3. The van der Waals surface area contributed by atoms with Gasteiger partial charge in [0.1, 0.15) is 6.10 Å². The summed E-state index contributed by atoms with van der Waals surface area (Å²) in [6.45, 7) is 0. The van der Waals surface area contributed by atoms with Crippen LogP contribution in [0.25, 0.3) is 0 Å². The van der Waals surface area contributed by atoms with Crippen LogP contribution in [0.5, 0.6) is 0 Å². The van der Waals surface area contributed by atoms with E-state index >= 15 is 0 Å². The fraction of sp³-hybridized carbons (Fsp3) is 0.222. The number of carbonyl (C=O) groups excluding carboxylic acids is 1. The molecule has 6 heteroatoms. The van der Waals surface area contributed by atoms with Gasteiger partial charge in [0.15, 0.2) is 5.78 Å². The molecule has 1 atom stereocenters. The van der Waals surface area contributed by atoms with Gasteiger partial charge in [0, 0.05) is 12.0 Å². The van der Waals surface area contributed by atoms with Crippen molar-refractivity contribution in [2.45, 2.75) is 12.5 Å². The minimum Gasteiger partial charge on any atom is -0.291 e. The first kappa shape index (κ1) is 10.3. The Morgan fingerprint density at radius 1 is 1.33 bits per heavy atom. The van der Waals surface area contributed by atoms with Crippen LogP contribution < -0.4 is 0 Å². The summed E-state index contributed by atoms with van der Waals surface area (Å²) >= 11 is 0. The molecule has 0 heterocycles. The van der Waals surface area contributed by atoms with E-state index in [1.54, 1.807) is 24.3 Å². The Morgan fingerprint density at radius 2 is 2.00 bits per heavy atom. The van der Waals surface area contributed by atoms with Crippen molar-refractivity contribution in [2.75, 3.05) is 0 Å². The third-order valence-electron chi connectivity index (χ3n) is 2.22. The second kappa shape index (κ2) is 3.41. The molecule has 0 aromatic heterocycles. The maximum Gasteiger partial charge on any atom is 0.398 e. The molecule has 0 saturated carbocycles. The molecule has 1 N–H and O–H groups in total. The zero-order chi connectivity index (χ0) is 11.1. The smallest absolute Gasteiger partial charge is 0.291 e. The molecule has 0 spiro atoms. The monoisotopic (exact) mass is 228 g/mol. The molecule has 1 aromatic carbocycles. The molecule has 1 aliphatic rings. The van der Waals surface area contributed by atoms with Crippen molar-refractivity contribution in [3.8, 4) is 0 Å². The van der Waals surface area contributed by atoms with Crippen molar-refractivity contribution in [1.29, 1.82) is 0 Å². The fourth-order valence-electron chi connectivity index (χ4n) is 1.63. The Hall–Kier alpha value is -1.24. The molecule has 0 radical (unpaired) electrons. The molecule has 0 saturated heterocycles. The molecule has 1 aliphatic carbocycles. The van der Waals surface area contributed by atoms with Gasteiger partial charge in [-0.25, -0.2) is 4.18 Å². The van der Waals surface area contributed by atoms with Crippen molar-refractivity contribution < 1.29 is 21.9 Å². The highest BCUT2D eigenvalue weighted by atomic mass is 32.3. The van der Waals surface area contributed by atoms with E-state index in [1.165, 1.54) is 0 Å². The maximum absolute atomic E-state index is 11.6. The van der Waals surface area contributed by atoms with E-state index in [0.717, 1.165) is 5.56 Å². The molecule has 2 rings (SSSR count). The average molecular weight is 228 g/mol. The summed E-state index contributed by atoms with van der Waals surface area (Å²) in [6, 6.07) is 6.76. The number of benzene rings is 1. The standard InChI is InChI=1S/C9H8O5S/c10-9-7-4-2-1-3-6(7)5-8(9)14-15(11,12)13/h1-4,8H,5H2,(H,11,12,13). The van der Waals surface area contributed by atoms with Gasteiger partial charge in [0.2, 0.25) is 0 Å². The molecular formula is C9H8O5S. The van der Waals surface area contributed by atoms with E-state index in [2.05, 4.69) is 4.18 Å². The highest BCUT2D eigenvalue weighted by Gasteiger charge is 2.33. The van der Waals surface area contributed by atoms with E-state index in [0.29, 0.717) is 5.56 Å². The number of carbonyl (C=O) groups is 1. The predicted molar refractivity (Wildman–Crippen MR) is 50.9 cm³/mol.